The Balaban J connectivity index is 2.16. The number of halogens is 1. The third-order valence-corrected chi connectivity index (χ3v) is 5.16. The third kappa shape index (κ3) is 3.61. The maximum atomic E-state index is 4.16. The summed E-state index contributed by atoms with van der Waals surface area (Å²) >= 11 is 3.56. The van der Waals surface area contributed by atoms with Crippen molar-refractivity contribution in [2.24, 2.45) is 18.4 Å². The van der Waals surface area contributed by atoms with Gasteiger partial charge in [-0.05, 0) is 65.9 Å². The molecule has 0 aliphatic heterocycles. The van der Waals surface area contributed by atoms with Crippen molar-refractivity contribution >= 4 is 15.9 Å². The van der Waals surface area contributed by atoms with E-state index in [1.54, 1.807) is 0 Å². The maximum Gasteiger partial charge on any atom is 0.153 e. The zero-order valence-electron chi connectivity index (χ0n) is 13.1. The lowest BCUT2D eigenvalue weighted by Gasteiger charge is -2.38. The molecule has 1 aromatic heterocycles. The largest absolute Gasteiger partial charge is 0.308 e. The molecule has 4 nitrogen and oxygen atoms in total. The Morgan fingerprint density at radius 3 is 2.55 bits per heavy atom. The van der Waals surface area contributed by atoms with Crippen LogP contribution in [0.25, 0.3) is 0 Å². The maximum absolute atomic E-state index is 4.16. The summed E-state index contributed by atoms with van der Waals surface area (Å²) in [5.74, 6) is 0.683. The lowest BCUT2D eigenvalue weighted by atomic mass is 9.70. The summed E-state index contributed by atoms with van der Waals surface area (Å²) < 4.78 is 2.80. The lowest BCUT2D eigenvalue weighted by molar-refractivity contribution is 0.158. The second-order valence-corrected chi connectivity index (χ2v) is 7.57. The van der Waals surface area contributed by atoms with Crippen LogP contribution in [0.2, 0.25) is 0 Å². The average Bonchev–Trinajstić information content (AvgIpc) is 2.72. The highest BCUT2D eigenvalue weighted by Crippen LogP contribution is 2.43. The first-order valence-corrected chi connectivity index (χ1v) is 8.52. The number of rotatable bonds is 5. The minimum absolute atomic E-state index is 0.362. The van der Waals surface area contributed by atoms with E-state index in [9.17, 15) is 0 Å². The van der Waals surface area contributed by atoms with E-state index in [0.29, 0.717) is 17.4 Å². The van der Waals surface area contributed by atoms with Crippen LogP contribution in [0.1, 0.15) is 64.6 Å². The number of aromatic nitrogens is 3. The first kappa shape index (κ1) is 16.0. The molecule has 1 atom stereocenters. The van der Waals surface area contributed by atoms with Crippen LogP contribution in [0.4, 0.5) is 0 Å². The molecule has 0 aromatic carbocycles. The van der Waals surface area contributed by atoms with Gasteiger partial charge < -0.3 is 5.32 Å². The summed E-state index contributed by atoms with van der Waals surface area (Å²) in [6.45, 7) is 8.03. The van der Waals surface area contributed by atoms with E-state index in [-0.39, 0.29) is 0 Å². The number of nitrogens with zero attached hydrogens (tertiary/aromatic N) is 3. The van der Waals surface area contributed by atoms with Crippen LogP contribution in [0.15, 0.2) is 4.60 Å². The van der Waals surface area contributed by atoms with Gasteiger partial charge >= 0.3 is 0 Å². The molecule has 1 fully saturated rings. The Morgan fingerprint density at radius 2 is 2.05 bits per heavy atom. The molecule has 1 aromatic rings. The van der Waals surface area contributed by atoms with Gasteiger partial charge in [-0.15, -0.1) is 5.10 Å². The predicted octanol–water partition coefficient (Wildman–Crippen LogP) is 3.83. The van der Waals surface area contributed by atoms with Crippen LogP contribution in [0.5, 0.6) is 0 Å². The number of hydrogen-bond acceptors (Lipinski definition) is 3. The van der Waals surface area contributed by atoms with Gasteiger partial charge in [-0.1, -0.05) is 26.0 Å². The van der Waals surface area contributed by atoms with E-state index in [0.717, 1.165) is 17.6 Å². The fraction of sp³-hybridized carbons (Fsp3) is 0.867. The van der Waals surface area contributed by atoms with Crippen LogP contribution in [0.3, 0.4) is 0 Å². The topological polar surface area (TPSA) is 42.7 Å². The van der Waals surface area contributed by atoms with Crippen molar-refractivity contribution in [1.29, 1.82) is 0 Å². The molecule has 1 unspecified atom stereocenters. The van der Waals surface area contributed by atoms with Gasteiger partial charge in [0.1, 0.15) is 0 Å². The summed E-state index contributed by atoms with van der Waals surface area (Å²) in [6.07, 6.45) is 6.34. The van der Waals surface area contributed by atoms with Gasteiger partial charge in [0.25, 0.3) is 0 Å². The minimum atomic E-state index is 0.362. The molecule has 0 amide bonds. The van der Waals surface area contributed by atoms with Crippen LogP contribution >= 0.6 is 15.9 Å². The SMILES string of the molecule is CCCNC(c1c(Br)nnn1C)C1CCC(C)(C)CC1. The molecule has 2 rings (SSSR count). The molecule has 0 bridgehead atoms. The predicted molar refractivity (Wildman–Crippen MR) is 85.5 cm³/mol. The van der Waals surface area contributed by atoms with E-state index < -0.39 is 0 Å². The Morgan fingerprint density at radius 1 is 1.40 bits per heavy atom. The second kappa shape index (κ2) is 6.56. The van der Waals surface area contributed by atoms with Crippen LogP contribution in [-0.2, 0) is 7.05 Å². The van der Waals surface area contributed by atoms with Crippen molar-refractivity contribution < 1.29 is 0 Å². The molecule has 1 heterocycles. The summed E-state index contributed by atoms with van der Waals surface area (Å²) in [5.41, 5.74) is 1.71. The minimum Gasteiger partial charge on any atom is -0.308 e. The van der Waals surface area contributed by atoms with Crippen molar-refractivity contribution in [2.75, 3.05) is 6.54 Å². The van der Waals surface area contributed by atoms with E-state index in [4.69, 9.17) is 0 Å². The van der Waals surface area contributed by atoms with Gasteiger partial charge in [0.15, 0.2) is 4.60 Å². The monoisotopic (exact) mass is 342 g/mol. The van der Waals surface area contributed by atoms with Gasteiger partial charge in [0, 0.05) is 7.05 Å². The Kier molecular flexibility index (Phi) is 5.24. The van der Waals surface area contributed by atoms with Gasteiger partial charge in [-0.2, -0.15) is 0 Å². The number of hydrogen-bond donors (Lipinski definition) is 1. The standard InChI is InChI=1S/C15H27BrN4/c1-5-10-17-12(13-14(16)18-19-20(13)4)11-6-8-15(2,3)9-7-11/h11-12,17H,5-10H2,1-4H3. The van der Waals surface area contributed by atoms with Crippen LogP contribution in [-0.4, -0.2) is 21.5 Å². The van der Waals surface area contributed by atoms with Crippen molar-refractivity contribution in [1.82, 2.24) is 20.3 Å². The fourth-order valence-corrected chi connectivity index (χ4v) is 3.78. The normalized spacial score (nSPS) is 21.1. The van der Waals surface area contributed by atoms with Crippen LogP contribution < -0.4 is 5.32 Å². The van der Waals surface area contributed by atoms with E-state index in [1.807, 2.05) is 11.7 Å². The van der Waals surface area contributed by atoms with E-state index in [1.165, 1.54) is 31.4 Å². The molecule has 1 aliphatic carbocycles. The molecule has 1 saturated carbocycles. The van der Waals surface area contributed by atoms with Gasteiger partial charge in [0.05, 0.1) is 11.7 Å². The summed E-state index contributed by atoms with van der Waals surface area (Å²) in [5, 5.41) is 12.0. The number of nitrogens with one attached hydrogen (secondary N) is 1. The zero-order chi connectivity index (χ0) is 14.8. The molecule has 1 aliphatic rings. The summed E-state index contributed by atoms with van der Waals surface area (Å²) in [4.78, 5) is 0. The van der Waals surface area contributed by atoms with Crippen molar-refractivity contribution in [3.8, 4) is 0 Å². The van der Waals surface area contributed by atoms with Crippen LogP contribution in [0, 0.1) is 11.3 Å². The summed E-state index contributed by atoms with van der Waals surface area (Å²) in [7, 11) is 1.99. The third-order valence-electron chi connectivity index (χ3n) is 4.59. The molecule has 5 heteroatoms. The smallest absolute Gasteiger partial charge is 0.153 e. The highest BCUT2D eigenvalue weighted by Gasteiger charge is 2.34. The Labute approximate surface area is 130 Å². The molecule has 0 spiro atoms. The van der Waals surface area contributed by atoms with Crippen molar-refractivity contribution in [3.05, 3.63) is 10.3 Å². The van der Waals surface area contributed by atoms with Crippen molar-refractivity contribution in [2.45, 2.75) is 58.9 Å². The van der Waals surface area contributed by atoms with Gasteiger partial charge in [-0.3, -0.25) is 0 Å². The highest BCUT2D eigenvalue weighted by molar-refractivity contribution is 9.10. The average molecular weight is 343 g/mol. The molecule has 0 radical (unpaired) electrons. The fourth-order valence-electron chi connectivity index (χ4n) is 3.21. The molecule has 1 N–H and O–H groups in total. The Bertz CT molecular complexity index is 412. The summed E-state index contributed by atoms with van der Waals surface area (Å²) in [6, 6.07) is 0.362. The first-order chi connectivity index (χ1) is 9.44. The zero-order valence-corrected chi connectivity index (χ0v) is 14.7. The molecule has 20 heavy (non-hydrogen) atoms. The van der Waals surface area contributed by atoms with Gasteiger partial charge in [-0.25, -0.2) is 4.68 Å². The van der Waals surface area contributed by atoms with Gasteiger partial charge in [0.2, 0.25) is 0 Å². The molecular formula is C15H27BrN4. The van der Waals surface area contributed by atoms with E-state index >= 15 is 0 Å². The molecule has 0 saturated heterocycles. The number of aryl methyl sites for hydroxylation is 1. The Hall–Kier alpha value is -0.420. The lowest BCUT2D eigenvalue weighted by Crippen LogP contribution is -2.34. The van der Waals surface area contributed by atoms with E-state index in [2.05, 4.69) is 52.3 Å². The quantitative estimate of drug-likeness (QED) is 0.883. The van der Waals surface area contributed by atoms with Crippen molar-refractivity contribution in [3.63, 3.8) is 0 Å². The second-order valence-electron chi connectivity index (χ2n) is 6.82. The highest BCUT2D eigenvalue weighted by atomic mass is 79.9. The molecule has 114 valence electrons. The first-order valence-electron chi connectivity index (χ1n) is 7.73. The molecular weight excluding hydrogens is 316 g/mol.